The van der Waals surface area contributed by atoms with Crippen molar-refractivity contribution < 1.29 is 23.6 Å². The highest BCUT2D eigenvalue weighted by Gasteiger charge is 2.66. The largest absolute Gasteiger partial charge is 0.408 e. The van der Waals surface area contributed by atoms with Crippen LogP contribution in [-0.2, 0) is 24.7 Å². The van der Waals surface area contributed by atoms with Crippen LogP contribution >= 0.6 is 8.69 Å². The standard InChI is InChI=1S/C19H23O5P/c1-21-18-19(24-22-18,15-2-4-16(5-3-15)23-25-20)17-13-7-11-6-12(9-13)10-14(17)8-11/h2-5,11-14,17-18H,6-10H2,1H3. The van der Waals surface area contributed by atoms with Crippen molar-refractivity contribution in [2.75, 3.05) is 7.11 Å². The second kappa shape index (κ2) is 6.02. The van der Waals surface area contributed by atoms with Crippen LogP contribution in [0.5, 0.6) is 5.75 Å². The first-order valence-electron chi connectivity index (χ1n) is 9.22. The van der Waals surface area contributed by atoms with Crippen molar-refractivity contribution in [3.05, 3.63) is 29.8 Å². The van der Waals surface area contributed by atoms with Crippen LogP contribution in [0.1, 0.15) is 37.7 Å². The van der Waals surface area contributed by atoms with Gasteiger partial charge in [-0.15, -0.1) is 0 Å². The predicted molar refractivity (Wildman–Crippen MR) is 89.9 cm³/mol. The zero-order valence-electron chi connectivity index (χ0n) is 14.3. The summed E-state index contributed by atoms with van der Waals surface area (Å²) in [6.45, 7) is 0. The Morgan fingerprint density at radius 3 is 2.16 bits per heavy atom. The molecule has 25 heavy (non-hydrogen) atoms. The van der Waals surface area contributed by atoms with E-state index in [1.165, 1.54) is 32.1 Å². The number of hydrogen-bond acceptors (Lipinski definition) is 5. The third-order valence-corrected chi connectivity index (χ3v) is 7.29. The molecule has 0 N–H and O–H groups in total. The Labute approximate surface area is 149 Å². The lowest BCUT2D eigenvalue weighted by Crippen LogP contribution is -2.65. The molecule has 6 heteroatoms. The van der Waals surface area contributed by atoms with Crippen molar-refractivity contribution in [2.45, 2.75) is 44.0 Å². The molecule has 1 heterocycles. The van der Waals surface area contributed by atoms with Crippen LogP contribution in [0.3, 0.4) is 0 Å². The summed E-state index contributed by atoms with van der Waals surface area (Å²) in [5.74, 6) is 4.20. The van der Waals surface area contributed by atoms with Crippen LogP contribution < -0.4 is 4.52 Å². The van der Waals surface area contributed by atoms with Gasteiger partial charge in [-0.2, -0.15) is 4.89 Å². The lowest BCUT2D eigenvalue weighted by Gasteiger charge is -2.62. The van der Waals surface area contributed by atoms with Crippen LogP contribution in [0, 0.1) is 29.6 Å². The molecule has 134 valence electrons. The molecule has 5 nitrogen and oxygen atoms in total. The molecule has 0 aromatic heterocycles. The van der Waals surface area contributed by atoms with E-state index in [9.17, 15) is 4.57 Å². The second-order valence-corrected chi connectivity index (χ2v) is 8.52. The molecule has 1 aromatic carbocycles. The van der Waals surface area contributed by atoms with Crippen molar-refractivity contribution >= 4 is 8.69 Å². The second-order valence-electron chi connectivity index (χ2n) is 8.19. The van der Waals surface area contributed by atoms with Gasteiger partial charge in [-0.3, -0.25) is 0 Å². The smallest absolute Gasteiger partial charge is 0.395 e. The summed E-state index contributed by atoms with van der Waals surface area (Å²) in [6, 6.07) is 7.68. The van der Waals surface area contributed by atoms with E-state index in [0.717, 1.165) is 17.4 Å². The van der Waals surface area contributed by atoms with E-state index in [0.29, 0.717) is 23.5 Å². The van der Waals surface area contributed by atoms with Gasteiger partial charge in [-0.05, 0) is 73.5 Å². The fraction of sp³-hybridized carbons (Fsp3) is 0.684. The summed E-state index contributed by atoms with van der Waals surface area (Å²) in [5.41, 5.74) is 0.531. The van der Waals surface area contributed by atoms with Gasteiger partial charge in [0, 0.05) is 13.0 Å². The van der Waals surface area contributed by atoms with Gasteiger partial charge in [0.15, 0.2) is 5.60 Å². The molecule has 6 rings (SSSR count). The zero-order chi connectivity index (χ0) is 17.0. The lowest BCUT2D eigenvalue weighted by molar-refractivity contribution is -0.583. The molecule has 4 saturated carbocycles. The number of ether oxygens (including phenoxy) is 1. The summed E-state index contributed by atoms with van der Waals surface area (Å²) in [4.78, 5) is 11.3. The van der Waals surface area contributed by atoms with Crippen molar-refractivity contribution in [2.24, 2.45) is 29.6 Å². The Bertz CT molecular complexity index is 632. The fourth-order valence-electron chi connectivity index (χ4n) is 6.44. The van der Waals surface area contributed by atoms with Gasteiger partial charge in [0.05, 0.1) is 0 Å². The lowest BCUT2D eigenvalue weighted by atomic mass is 9.48. The van der Waals surface area contributed by atoms with Crippen LogP contribution in [0.2, 0.25) is 0 Å². The molecule has 1 aliphatic heterocycles. The minimum Gasteiger partial charge on any atom is -0.408 e. The fourth-order valence-corrected chi connectivity index (χ4v) is 6.65. The van der Waals surface area contributed by atoms with Crippen molar-refractivity contribution in [1.29, 1.82) is 0 Å². The van der Waals surface area contributed by atoms with E-state index in [1.54, 1.807) is 7.11 Å². The Morgan fingerprint density at radius 2 is 1.68 bits per heavy atom. The molecule has 1 saturated heterocycles. The number of methoxy groups -OCH3 is 1. The number of hydrogen-bond donors (Lipinski definition) is 0. The SMILES string of the molecule is COC1OOC1(c1ccc(OP=O)cc1)C1C2CC3CC(C2)CC1C3. The first kappa shape index (κ1) is 16.2. The van der Waals surface area contributed by atoms with E-state index in [2.05, 4.69) is 0 Å². The number of rotatable bonds is 5. The van der Waals surface area contributed by atoms with Crippen molar-refractivity contribution in [3.63, 3.8) is 0 Å². The van der Waals surface area contributed by atoms with Gasteiger partial charge < -0.3 is 9.26 Å². The van der Waals surface area contributed by atoms with Gasteiger partial charge in [0.2, 0.25) is 6.29 Å². The average molecular weight is 362 g/mol. The third kappa shape index (κ3) is 2.33. The van der Waals surface area contributed by atoms with E-state index in [1.807, 2.05) is 24.3 Å². The highest BCUT2D eigenvalue weighted by Crippen LogP contribution is 2.64. The van der Waals surface area contributed by atoms with Crippen LogP contribution in [0.4, 0.5) is 0 Å². The van der Waals surface area contributed by atoms with Crippen molar-refractivity contribution in [3.8, 4) is 5.75 Å². The maximum atomic E-state index is 10.6. The van der Waals surface area contributed by atoms with Crippen LogP contribution in [0.15, 0.2) is 24.3 Å². The van der Waals surface area contributed by atoms with Gasteiger partial charge in [0.25, 0.3) is 0 Å². The minimum atomic E-state index is -0.537. The van der Waals surface area contributed by atoms with E-state index in [4.69, 9.17) is 19.0 Å². The topological polar surface area (TPSA) is 54.0 Å². The quantitative estimate of drug-likeness (QED) is 0.571. The normalized spacial score (nSPS) is 44.7. The Morgan fingerprint density at radius 1 is 1.04 bits per heavy atom. The zero-order valence-corrected chi connectivity index (χ0v) is 15.2. The van der Waals surface area contributed by atoms with Crippen LogP contribution in [-0.4, -0.2) is 13.4 Å². The molecular weight excluding hydrogens is 339 g/mol. The molecule has 5 aliphatic rings. The first-order chi connectivity index (χ1) is 12.2. The van der Waals surface area contributed by atoms with Crippen LogP contribution in [0.25, 0.3) is 0 Å². The first-order valence-corrected chi connectivity index (χ1v) is 9.95. The molecule has 4 aliphatic carbocycles. The molecule has 1 aromatic rings. The Balaban J connectivity index is 1.52. The Hall–Kier alpha value is -1.00. The summed E-state index contributed by atoms with van der Waals surface area (Å²) >= 11 is 0. The predicted octanol–water partition coefficient (Wildman–Crippen LogP) is 4.47. The molecule has 0 radical (unpaired) electrons. The summed E-state index contributed by atoms with van der Waals surface area (Å²) in [5, 5.41) is 0. The van der Waals surface area contributed by atoms with Crippen molar-refractivity contribution in [1.82, 2.24) is 0 Å². The summed E-state index contributed by atoms with van der Waals surface area (Å²) in [6.07, 6.45) is 6.31. The highest BCUT2D eigenvalue weighted by molar-refractivity contribution is 7.17. The highest BCUT2D eigenvalue weighted by atomic mass is 31.1. The Kier molecular flexibility index (Phi) is 3.90. The molecule has 0 amide bonds. The summed E-state index contributed by atoms with van der Waals surface area (Å²) in [7, 11) is 1.34. The maximum Gasteiger partial charge on any atom is 0.395 e. The van der Waals surface area contributed by atoms with E-state index < -0.39 is 5.60 Å². The van der Waals surface area contributed by atoms with E-state index >= 15 is 0 Å². The molecule has 0 spiro atoms. The molecular formula is C19H23O5P. The minimum absolute atomic E-state index is 0.343. The van der Waals surface area contributed by atoms with Gasteiger partial charge in [-0.1, -0.05) is 12.1 Å². The van der Waals surface area contributed by atoms with Gasteiger partial charge >= 0.3 is 8.69 Å². The summed E-state index contributed by atoms with van der Waals surface area (Å²) < 4.78 is 21.3. The monoisotopic (exact) mass is 362 g/mol. The number of benzene rings is 1. The molecule has 5 fully saturated rings. The molecule has 2 atom stereocenters. The van der Waals surface area contributed by atoms with Gasteiger partial charge in [-0.25, -0.2) is 9.45 Å². The molecule has 2 unspecified atom stereocenters. The average Bonchev–Trinajstić information content (AvgIpc) is 2.58. The third-order valence-electron chi connectivity index (χ3n) is 7.01. The van der Waals surface area contributed by atoms with Gasteiger partial charge in [0.1, 0.15) is 5.75 Å². The maximum absolute atomic E-state index is 10.6. The van der Waals surface area contributed by atoms with E-state index in [-0.39, 0.29) is 15.0 Å². The molecule has 4 bridgehead atoms.